The van der Waals surface area contributed by atoms with Gasteiger partial charge in [-0.3, -0.25) is 4.84 Å². The van der Waals surface area contributed by atoms with E-state index in [2.05, 4.69) is 16.9 Å². The van der Waals surface area contributed by atoms with Crippen LogP contribution in [-0.2, 0) is 4.84 Å². The predicted molar refractivity (Wildman–Crippen MR) is 37.0 cm³/mol. The van der Waals surface area contributed by atoms with E-state index in [1.807, 2.05) is 0 Å². The summed E-state index contributed by atoms with van der Waals surface area (Å²) in [6.07, 6.45) is 1.52. The van der Waals surface area contributed by atoms with Gasteiger partial charge in [-0.05, 0) is 18.8 Å². The van der Waals surface area contributed by atoms with Gasteiger partial charge >= 0.3 is 0 Å². The van der Waals surface area contributed by atoms with E-state index in [4.69, 9.17) is 5.90 Å². The first-order valence-corrected chi connectivity index (χ1v) is 3.46. The van der Waals surface area contributed by atoms with Gasteiger partial charge in [0.15, 0.2) is 0 Å². The Morgan fingerprint density at radius 3 is 2.70 bits per heavy atom. The van der Waals surface area contributed by atoms with Gasteiger partial charge in [0.1, 0.15) is 12.1 Å². The maximum absolute atomic E-state index is 10.1. The van der Waals surface area contributed by atoms with E-state index < -0.39 is 0 Å². The molecule has 1 aliphatic rings. The van der Waals surface area contributed by atoms with Crippen LogP contribution in [0.3, 0.4) is 0 Å². The molecule has 58 valence electrons. The molecule has 0 aromatic rings. The lowest BCUT2D eigenvalue weighted by Gasteiger charge is -2.07. The summed E-state index contributed by atoms with van der Waals surface area (Å²) in [7, 11) is 0. The molecule has 3 unspecified atom stereocenters. The van der Waals surface area contributed by atoms with E-state index in [-0.39, 0.29) is 12.1 Å². The monoisotopic (exact) mass is 144 g/mol. The average Bonchev–Trinajstić information content (AvgIpc) is 2.30. The van der Waals surface area contributed by atoms with Gasteiger partial charge in [0.05, 0.1) is 0 Å². The second-order valence-electron chi connectivity index (χ2n) is 2.92. The molecule has 0 heterocycles. The minimum atomic E-state index is -0.222. The molecule has 1 fully saturated rings. The average molecular weight is 144 g/mol. The number of nitrogens with two attached hydrogens (primary N) is 1. The first-order chi connectivity index (χ1) is 4.77. The molecule has 1 rings (SSSR count). The fraction of sp³-hybridized carbons (Fsp3) is 1.00. The Morgan fingerprint density at radius 2 is 2.30 bits per heavy atom. The Morgan fingerprint density at radius 1 is 1.60 bits per heavy atom. The van der Waals surface area contributed by atoms with Crippen molar-refractivity contribution >= 4 is 0 Å². The lowest BCUT2D eigenvalue weighted by Crippen LogP contribution is -2.24. The SMILES string of the molecule is CC1CC(N=O)C(ON)C1. The molecule has 2 N–H and O–H groups in total. The number of nitrogens with zero attached hydrogens (tertiary/aromatic N) is 1. The fourth-order valence-corrected chi connectivity index (χ4v) is 1.47. The molecule has 0 radical (unpaired) electrons. The van der Waals surface area contributed by atoms with Crippen LogP contribution in [0.5, 0.6) is 0 Å². The van der Waals surface area contributed by atoms with Crippen molar-refractivity contribution in [2.24, 2.45) is 17.0 Å². The van der Waals surface area contributed by atoms with Crippen molar-refractivity contribution in [2.45, 2.75) is 31.9 Å². The highest BCUT2D eigenvalue weighted by atomic mass is 16.6. The van der Waals surface area contributed by atoms with Gasteiger partial charge < -0.3 is 0 Å². The summed E-state index contributed by atoms with van der Waals surface area (Å²) < 4.78 is 0. The summed E-state index contributed by atoms with van der Waals surface area (Å²) in [6.45, 7) is 2.07. The quantitative estimate of drug-likeness (QED) is 0.460. The summed E-state index contributed by atoms with van der Waals surface area (Å²) in [6, 6.07) is -0.222. The highest BCUT2D eigenvalue weighted by Crippen LogP contribution is 2.28. The lowest BCUT2D eigenvalue weighted by molar-refractivity contribution is 0.0464. The van der Waals surface area contributed by atoms with Crippen LogP contribution in [0.4, 0.5) is 0 Å². The normalized spacial score (nSPS) is 40.0. The molecule has 0 aromatic carbocycles. The van der Waals surface area contributed by atoms with Crippen molar-refractivity contribution in [3.05, 3.63) is 4.91 Å². The molecule has 10 heavy (non-hydrogen) atoms. The van der Waals surface area contributed by atoms with Crippen molar-refractivity contribution in [3.8, 4) is 0 Å². The van der Waals surface area contributed by atoms with Crippen molar-refractivity contribution in [2.75, 3.05) is 0 Å². The van der Waals surface area contributed by atoms with Crippen LogP contribution >= 0.6 is 0 Å². The second kappa shape index (κ2) is 3.07. The second-order valence-corrected chi connectivity index (χ2v) is 2.92. The summed E-state index contributed by atoms with van der Waals surface area (Å²) in [5, 5.41) is 2.94. The minimum absolute atomic E-state index is 0.146. The van der Waals surface area contributed by atoms with E-state index in [0.717, 1.165) is 12.8 Å². The molecule has 0 saturated heterocycles. The molecule has 4 nitrogen and oxygen atoms in total. The van der Waals surface area contributed by atoms with Gasteiger partial charge in [-0.1, -0.05) is 12.1 Å². The third-order valence-electron chi connectivity index (χ3n) is 2.02. The standard InChI is InChI=1S/C6H12N2O2/c1-4-2-5(8-9)6(3-4)10-7/h4-6H,2-3,7H2,1H3. The Kier molecular flexibility index (Phi) is 2.34. The molecule has 1 aliphatic carbocycles. The third-order valence-corrected chi connectivity index (χ3v) is 2.02. The molecule has 0 bridgehead atoms. The minimum Gasteiger partial charge on any atom is -0.299 e. The highest BCUT2D eigenvalue weighted by molar-refractivity contribution is 4.86. The van der Waals surface area contributed by atoms with Crippen LogP contribution in [0, 0.1) is 10.8 Å². The number of hydrogen-bond donors (Lipinski definition) is 1. The molecule has 1 saturated carbocycles. The zero-order valence-corrected chi connectivity index (χ0v) is 5.99. The zero-order valence-electron chi connectivity index (χ0n) is 5.99. The van der Waals surface area contributed by atoms with Crippen LogP contribution in [0.2, 0.25) is 0 Å². The Hall–Kier alpha value is -0.480. The van der Waals surface area contributed by atoms with Crippen LogP contribution in [0.15, 0.2) is 5.18 Å². The number of hydrogen-bond acceptors (Lipinski definition) is 4. The largest absolute Gasteiger partial charge is 0.299 e. The van der Waals surface area contributed by atoms with E-state index in [1.54, 1.807) is 0 Å². The Balaban J connectivity index is 2.48. The Bertz CT molecular complexity index is 129. The van der Waals surface area contributed by atoms with Crippen LogP contribution in [0.1, 0.15) is 19.8 Å². The van der Waals surface area contributed by atoms with E-state index in [1.165, 1.54) is 0 Å². The maximum atomic E-state index is 10.1. The Labute approximate surface area is 59.7 Å². The topological polar surface area (TPSA) is 64.7 Å². The van der Waals surface area contributed by atoms with Gasteiger partial charge in [0.25, 0.3) is 0 Å². The summed E-state index contributed by atoms with van der Waals surface area (Å²) in [5.41, 5.74) is 0. The summed E-state index contributed by atoms with van der Waals surface area (Å²) in [4.78, 5) is 14.7. The van der Waals surface area contributed by atoms with E-state index in [9.17, 15) is 4.91 Å². The number of rotatable bonds is 2. The third kappa shape index (κ3) is 1.33. The van der Waals surface area contributed by atoms with Gasteiger partial charge in [-0.2, -0.15) is 4.91 Å². The van der Waals surface area contributed by atoms with Crippen molar-refractivity contribution in [3.63, 3.8) is 0 Å². The van der Waals surface area contributed by atoms with Crippen molar-refractivity contribution in [1.29, 1.82) is 0 Å². The molecule has 3 atom stereocenters. The molecular formula is C6H12N2O2. The van der Waals surface area contributed by atoms with Gasteiger partial charge in [0.2, 0.25) is 0 Å². The summed E-state index contributed by atoms with van der Waals surface area (Å²) in [5.74, 6) is 5.47. The van der Waals surface area contributed by atoms with Gasteiger partial charge in [0, 0.05) is 0 Å². The molecule has 4 heteroatoms. The molecule has 0 aromatic heterocycles. The van der Waals surface area contributed by atoms with Gasteiger partial charge in [-0.15, -0.1) is 0 Å². The summed E-state index contributed by atoms with van der Waals surface area (Å²) >= 11 is 0. The molecular weight excluding hydrogens is 132 g/mol. The first kappa shape index (κ1) is 7.63. The lowest BCUT2D eigenvalue weighted by atomic mass is 10.1. The first-order valence-electron chi connectivity index (χ1n) is 3.46. The molecule has 0 spiro atoms. The molecule has 0 aliphatic heterocycles. The van der Waals surface area contributed by atoms with Crippen molar-refractivity contribution in [1.82, 2.24) is 0 Å². The smallest absolute Gasteiger partial charge is 0.120 e. The van der Waals surface area contributed by atoms with E-state index >= 15 is 0 Å². The van der Waals surface area contributed by atoms with E-state index in [0.29, 0.717) is 5.92 Å². The molecule has 0 amide bonds. The van der Waals surface area contributed by atoms with Crippen molar-refractivity contribution < 1.29 is 4.84 Å². The van der Waals surface area contributed by atoms with Crippen LogP contribution in [0.25, 0.3) is 0 Å². The van der Waals surface area contributed by atoms with Crippen LogP contribution < -0.4 is 5.90 Å². The van der Waals surface area contributed by atoms with Gasteiger partial charge in [-0.25, -0.2) is 5.90 Å². The van der Waals surface area contributed by atoms with Crippen LogP contribution in [-0.4, -0.2) is 12.1 Å². The zero-order chi connectivity index (χ0) is 7.56. The number of nitroso groups, excluding NO2 is 1. The predicted octanol–water partition coefficient (Wildman–Crippen LogP) is 0.810. The highest BCUT2D eigenvalue weighted by Gasteiger charge is 2.33. The fourth-order valence-electron chi connectivity index (χ4n) is 1.47. The maximum Gasteiger partial charge on any atom is 0.120 e.